The summed E-state index contributed by atoms with van der Waals surface area (Å²) in [6.45, 7) is 9.06. The van der Waals surface area contributed by atoms with Crippen LogP contribution in [-0.2, 0) is 12.8 Å². The van der Waals surface area contributed by atoms with E-state index in [1.165, 1.54) is 228 Å². The minimum atomic E-state index is 1.06. The molecule has 0 saturated heterocycles. The highest BCUT2D eigenvalue weighted by Gasteiger charge is 2.20. The average Bonchev–Trinajstić information content (AvgIpc) is 4.05. The molecule has 0 unspecified atom stereocenters. The van der Waals surface area contributed by atoms with Crippen molar-refractivity contribution in [1.82, 2.24) is 8.75 Å². The maximum absolute atomic E-state index is 4.77. The van der Waals surface area contributed by atoms with E-state index in [4.69, 9.17) is 4.37 Å². The number of nitrogens with zero attached hydrogens (tertiary/aromatic N) is 2. The predicted molar refractivity (Wildman–Crippen MR) is 262 cm³/mol. The first-order valence-electron chi connectivity index (χ1n) is 23.0. The first-order valence-corrected chi connectivity index (χ1v) is 27.0. The second kappa shape index (κ2) is 24.4. The Morgan fingerprint density at radius 1 is 0.421 bits per heavy atom. The number of aromatic nitrogens is 2. The van der Waals surface area contributed by atoms with Crippen molar-refractivity contribution in [2.45, 2.75) is 195 Å². The molecule has 310 valence electrons. The first-order chi connectivity index (χ1) is 28.1. The van der Waals surface area contributed by atoms with Crippen LogP contribution in [0.2, 0.25) is 0 Å². The van der Waals surface area contributed by atoms with Gasteiger partial charge >= 0.3 is 0 Å². The van der Waals surface area contributed by atoms with Gasteiger partial charge in [-0.25, -0.2) is 0 Å². The molecule has 0 saturated carbocycles. The van der Waals surface area contributed by atoms with Gasteiger partial charge in [0.2, 0.25) is 0 Å². The molecule has 7 heteroatoms. The Bertz CT molecular complexity index is 2000. The minimum Gasteiger partial charge on any atom is -0.173 e. The Morgan fingerprint density at radius 3 is 1.37 bits per heavy atom. The third kappa shape index (κ3) is 13.3. The van der Waals surface area contributed by atoms with E-state index in [0.717, 1.165) is 17.5 Å². The largest absolute Gasteiger partial charge is 0.173 e. The van der Waals surface area contributed by atoms with Gasteiger partial charge in [-0.15, -0.1) is 45.3 Å². The van der Waals surface area contributed by atoms with Crippen molar-refractivity contribution in [2.75, 3.05) is 0 Å². The van der Waals surface area contributed by atoms with Crippen LogP contribution in [0, 0.1) is 13.8 Å². The first kappa shape index (κ1) is 44.6. The summed E-state index contributed by atoms with van der Waals surface area (Å²) in [6, 6.07) is 14.5. The predicted octanol–water partition coefficient (Wildman–Crippen LogP) is 19.2. The van der Waals surface area contributed by atoms with Crippen LogP contribution in [0.25, 0.3) is 50.4 Å². The van der Waals surface area contributed by atoms with E-state index in [2.05, 4.69) is 68.5 Å². The molecule has 0 N–H and O–H groups in total. The Morgan fingerprint density at radius 2 is 0.860 bits per heavy atom. The zero-order valence-electron chi connectivity index (χ0n) is 35.8. The van der Waals surface area contributed by atoms with Gasteiger partial charge in [0.05, 0.1) is 11.7 Å². The lowest BCUT2D eigenvalue weighted by molar-refractivity contribution is 0.544. The Hall–Kier alpha value is -1.90. The average molecular weight is 859 g/mol. The molecule has 0 radical (unpaired) electrons. The molecule has 1 aromatic carbocycles. The third-order valence-electron chi connectivity index (χ3n) is 11.9. The van der Waals surface area contributed by atoms with E-state index < -0.39 is 0 Å². The van der Waals surface area contributed by atoms with Gasteiger partial charge in [0.25, 0.3) is 0 Å². The third-order valence-corrected chi connectivity index (χ3v) is 17.4. The van der Waals surface area contributed by atoms with Crippen molar-refractivity contribution < 1.29 is 0 Å². The second-order valence-electron chi connectivity index (χ2n) is 16.8. The van der Waals surface area contributed by atoms with Crippen LogP contribution < -0.4 is 0 Å². The van der Waals surface area contributed by atoms with Crippen molar-refractivity contribution in [3.63, 3.8) is 0 Å². The van der Waals surface area contributed by atoms with E-state index in [-0.39, 0.29) is 0 Å². The smallest absolute Gasteiger partial charge is 0.113 e. The summed E-state index contributed by atoms with van der Waals surface area (Å²) >= 11 is 9.34. The maximum Gasteiger partial charge on any atom is 0.113 e. The van der Waals surface area contributed by atoms with Gasteiger partial charge in [0.1, 0.15) is 11.0 Å². The molecule has 6 rings (SSSR count). The van der Waals surface area contributed by atoms with Crippen molar-refractivity contribution in [2.24, 2.45) is 0 Å². The van der Waals surface area contributed by atoms with E-state index in [1.807, 2.05) is 45.3 Å². The van der Waals surface area contributed by atoms with Crippen LogP contribution in [0.1, 0.15) is 190 Å². The van der Waals surface area contributed by atoms with E-state index in [1.54, 1.807) is 5.56 Å². The topological polar surface area (TPSA) is 25.8 Å². The van der Waals surface area contributed by atoms with Crippen molar-refractivity contribution in [3.05, 3.63) is 58.0 Å². The van der Waals surface area contributed by atoms with Gasteiger partial charge in [-0.05, 0) is 80.5 Å². The molecule has 0 spiro atoms. The van der Waals surface area contributed by atoms with Crippen LogP contribution >= 0.6 is 57.1 Å². The van der Waals surface area contributed by atoms with E-state index >= 15 is 0 Å². The van der Waals surface area contributed by atoms with Gasteiger partial charge in [0.15, 0.2) is 0 Å². The fourth-order valence-electron chi connectivity index (χ4n) is 8.48. The van der Waals surface area contributed by atoms with Crippen molar-refractivity contribution >= 4 is 77.5 Å². The molecule has 0 aliphatic carbocycles. The molecule has 6 aromatic rings. The molecule has 0 aliphatic rings. The molecular formula is C50H70N2S5. The molecule has 2 nitrogen and oxygen atoms in total. The van der Waals surface area contributed by atoms with Gasteiger partial charge in [-0.2, -0.15) is 8.75 Å². The fourth-order valence-corrected chi connectivity index (χ4v) is 14.1. The molecule has 57 heavy (non-hydrogen) atoms. The normalized spacial score (nSPS) is 11.9. The summed E-state index contributed by atoms with van der Waals surface area (Å²) in [5.41, 5.74) is 7.67. The molecule has 0 fully saturated rings. The monoisotopic (exact) mass is 858 g/mol. The maximum atomic E-state index is 4.77. The van der Waals surface area contributed by atoms with Gasteiger partial charge in [-0.1, -0.05) is 167 Å². The number of thiophene rings is 4. The van der Waals surface area contributed by atoms with Gasteiger partial charge in [-0.3, -0.25) is 0 Å². The lowest BCUT2D eigenvalue weighted by atomic mass is 10.0. The summed E-state index contributed by atoms with van der Waals surface area (Å²) in [6.07, 6.45) is 35.9. The molecule has 0 amide bonds. The standard InChI is InChI=1S/C50H70N2S5/c1-5-7-9-11-13-15-17-19-21-23-25-27-29-39-33-38(4)53-49(39)45-35-43-44(54-45)36-46(55-43)50-40(30-28-26-24-22-20-18-16-14-12-10-8-6-2)34-42(56-50)41-32-31-37(3)47-48(41)52-57-51-47/h31-36H,5-30H2,1-4H3. The van der Waals surface area contributed by atoms with Crippen molar-refractivity contribution in [1.29, 1.82) is 0 Å². The summed E-state index contributed by atoms with van der Waals surface area (Å²) in [4.78, 5) is 8.69. The van der Waals surface area contributed by atoms with E-state index in [0.29, 0.717) is 0 Å². The number of rotatable bonds is 29. The molecule has 5 aromatic heterocycles. The van der Waals surface area contributed by atoms with Gasteiger partial charge < -0.3 is 0 Å². The highest BCUT2D eigenvalue weighted by molar-refractivity contribution is 7.33. The molecule has 0 bridgehead atoms. The molecular weight excluding hydrogens is 789 g/mol. The second-order valence-corrected chi connectivity index (χ2v) is 21.8. The Balaban J connectivity index is 1.06. The van der Waals surface area contributed by atoms with Gasteiger partial charge in [0, 0.05) is 44.2 Å². The lowest BCUT2D eigenvalue weighted by Gasteiger charge is -2.04. The Labute approximate surface area is 366 Å². The Kier molecular flexibility index (Phi) is 19.1. The zero-order valence-corrected chi connectivity index (χ0v) is 39.9. The SMILES string of the molecule is CCCCCCCCCCCCCCc1cc(C)sc1-c1cc2sc(-c3sc(-c4ccc(C)c5nsnc45)cc3CCCCCCCCCCCCCC)cc2s1. The number of fused-ring (bicyclic) bond motifs is 2. The van der Waals surface area contributed by atoms with Crippen molar-refractivity contribution in [3.8, 4) is 29.9 Å². The van der Waals surface area contributed by atoms with Crippen LogP contribution in [0.5, 0.6) is 0 Å². The number of benzene rings is 1. The summed E-state index contributed by atoms with van der Waals surface area (Å²) in [7, 11) is 0. The molecule has 5 heterocycles. The summed E-state index contributed by atoms with van der Waals surface area (Å²) in [5.74, 6) is 0. The minimum absolute atomic E-state index is 1.06. The fraction of sp³-hybridized carbons (Fsp3) is 0.600. The number of hydrogen-bond donors (Lipinski definition) is 0. The van der Waals surface area contributed by atoms with Crippen LogP contribution in [-0.4, -0.2) is 8.75 Å². The van der Waals surface area contributed by atoms with Crippen LogP contribution in [0.15, 0.2) is 36.4 Å². The molecule has 0 atom stereocenters. The summed E-state index contributed by atoms with van der Waals surface area (Å²) in [5, 5.41) is 0. The number of hydrogen-bond acceptors (Lipinski definition) is 7. The van der Waals surface area contributed by atoms with Crippen LogP contribution in [0.4, 0.5) is 0 Å². The molecule has 0 aliphatic heterocycles. The zero-order chi connectivity index (χ0) is 39.7. The highest BCUT2D eigenvalue weighted by Crippen LogP contribution is 2.48. The summed E-state index contributed by atoms with van der Waals surface area (Å²) < 4.78 is 12.3. The highest BCUT2D eigenvalue weighted by atomic mass is 32.1. The quantitative estimate of drug-likeness (QED) is 0.0439. The van der Waals surface area contributed by atoms with Crippen LogP contribution in [0.3, 0.4) is 0 Å². The number of unbranched alkanes of at least 4 members (excludes halogenated alkanes) is 22. The number of aryl methyl sites for hydroxylation is 4. The van der Waals surface area contributed by atoms with E-state index in [9.17, 15) is 0 Å². The lowest BCUT2D eigenvalue weighted by Crippen LogP contribution is -1.87.